The first-order valence-electron chi connectivity index (χ1n) is 12.9. The highest BCUT2D eigenvalue weighted by Gasteiger charge is 2.37. The van der Waals surface area contributed by atoms with Crippen LogP contribution in [-0.2, 0) is 19.6 Å². The van der Waals surface area contributed by atoms with E-state index in [1.165, 1.54) is 4.90 Å². The zero-order chi connectivity index (χ0) is 26.2. The molecule has 0 radical (unpaired) electrons. The van der Waals surface area contributed by atoms with Crippen molar-refractivity contribution in [2.75, 3.05) is 46.3 Å². The first kappa shape index (κ1) is 26.8. The molecule has 9 nitrogen and oxygen atoms in total. The number of nitrogens with one attached hydrogen (secondary N) is 2. The molecule has 0 spiro atoms. The van der Waals surface area contributed by atoms with Crippen LogP contribution in [0, 0.1) is 0 Å². The molecule has 37 heavy (non-hydrogen) atoms. The van der Waals surface area contributed by atoms with Gasteiger partial charge in [-0.3, -0.25) is 14.5 Å². The van der Waals surface area contributed by atoms with Crippen LogP contribution in [0.1, 0.15) is 32.1 Å². The van der Waals surface area contributed by atoms with Crippen LogP contribution in [0.15, 0.2) is 28.5 Å². The molecule has 4 heterocycles. The summed E-state index contributed by atoms with van der Waals surface area (Å²) in [6.07, 6.45) is 4.11. The van der Waals surface area contributed by atoms with Gasteiger partial charge in [-0.2, -0.15) is 4.72 Å². The molecule has 1 aromatic carbocycles. The topological polar surface area (TPSA) is 102 Å². The predicted molar refractivity (Wildman–Crippen MR) is 145 cm³/mol. The van der Waals surface area contributed by atoms with Crippen molar-refractivity contribution in [2.24, 2.45) is 0 Å². The molecule has 0 saturated carbocycles. The van der Waals surface area contributed by atoms with Crippen LogP contribution in [0.4, 0.5) is 0 Å². The van der Waals surface area contributed by atoms with Gasteiger partial charge in [0.25, 0.3) is 10.0 Å². The number of carbonyl (C=O) groups excluding carboxylic acids is 2. The number of likely N-dealkylation sites (N-methyl/N-ethyl adjacent to an activating group) is 1. The maximum absolute atomic E-state index is 13.3. The first-order valence-corrected chi connectivity index (χ1v) is 15.6. The fourth-order valence-electron chi connectivity index (χ4n) is 5.71. The quantitative estimate of drug-likeness (QED) is 0.507. The highest BCUT2D eigenvalue weighted by Crippen LogP contribution is 2.31. The summed E-state index contributed by atoms with van der Waals surface area (Å²) in [5.41, 5.74) is 0. The van der Waals surface area contributed by atoms with E-state index in [4.69, 9.17) is 11.6 Å². The lowest BCUT2D eigenvalue weighted by atomic mass is 10.1. The van der Waals surface area contributed by atoms with Crippen molar-refractivity contribution in [3.05, 3.63) is 29.3 Å². The minimum absolute atomic E-state index is 0.00586. The van der Waals surface area contributed by atoms with E-state index >= 15 is 0 Å². The van der Waals surface area contributed by atoms with E-state index in [1.807, 2.05) is 11.9 Å². The van der Waals surface area contributed by atoms with Crippen molar-refractivity contribution in [2.45, 2.75) is 54.4 Å². The van der Waals surface area contributed by atoms with Gasteiger partial charge in [0.05, 0.1) is 6.54 Å². The van der Waals surface area contributed by atoms with Gasteiger partial charge in [0.1, 0.15) is 10.3 Å². The predicted octanol–water partition coefficient (Wildman–Crippen LogP) is 2.11. The molecule has 3 unspecified atom stereocenters. The molecule has 1 aromatic heterocycles. The molecule has 3 aliphatic rings. The Bertz CT molecular complexity index is 1270. The Morgan fingerprint density at radius 3 is 2.73 bits per heavy atom. The molecule has 3 aliphatic heterocycles. The molecule has 2 amide bonds. The number of rotatable bonds is 8. The number of amides is 2. The maximum atomic E-state index is 13.3. The number of piperidine rings is 1. The molecule has 5 rings (SSSR count). The Hall–Kier alpha value is -1.76. The number of nitrogens with zero attached hydrogens (tertiary/aromatic N) is 3. The molecule has 2 N–H and O–H groups in total. The van der Waals surface area contributed by atoms with E-state index in [1.54, 1.807) is 24.3 Å². The van der Waals surface area contributed by atoms with Gasteiger partial charge in [0, 0.05) is 48.0 Å². The van der Waals surface area contributed by atoms with E-state index in [2.05, 4.69) is 14.9 Å². The average Bonchev–Trinajstić information content (AvgIpc) is 3.61. The standard InChI is InChI=1S/C25H34ClN5O4S2/c1-27-19-8-11-29(14-19)15-20-4-2-10-31(20)23(32)16-30-9-3-5-21(25(30)33)28-37(34,35)24-13-17-12-18(26)6-7-22(17)36-24/h6-7,12-13,19-21,27-28H,2-5,8-11,14-16H2,1H3. The molecule has 0 bridgehead atoms. The van der Waals surface area contributed by atoms with Crippen LogP contribution in [0.3, 0.4) is 0 Å². The van der Waals surface area contributed by atoms with Gasteiger partial charge in [-0.1, -0.05) is 11.6 Å². The van der Waals surface area contributed by atoms with Crippen LogP contribution in [0.2, 0.25) is 5.02 Å². The Labute approximate surface area is 227 Å². The first-order chi connectivity index (χ1) is 17.7. The summed E-state index contributed by atoms with van der Waals surface area (Å²) in [5, 5.41) is 4.61. The smallest absolute Gasteiger partial charge is 0.250 e. The lowest BCUT2D eigenvalue weighted by Gasteiger charge is -2.34. The molecular formula is C25H34ClN5O4S2. The number of halogens is 1. The van der Waals surface area contributed by atoms with Gasteiger partial charge < -0.3 is 15.1 Å². The zero-order valence-electron chi connectivity index (χ0n) is 21.0. The molecule has 2 aromatic rings. The third kappa shape index (κ3) is 5.97. The van der Waals surface area contributed by atoms with E-state index < -0.39 is 16.1 Å². The average molecular weight is 568 g/mol. The van der Waals surface area contributed by atoms with E-state index in [-0.39, 0.29) is 28.6 Å². The fraction of sp³-hybridized carbons (Fsp3) is 0.600. The molecule has 3 fully saturated rings. The van der Waals surface area contributed by atoms with Gasteiger partial charge in [-0.15, -0.1) is 11.3 Å². The largest absolute Gasteiger partial charge is 0.337 e. The van der Waals surface area contributed by atoms with Crippen molar-refractivity contribution < 1.29 is 18.0 Å². The number of fused-ring (bicyclic) bond motifs is 1. The van der Waals surface area contributed by atoms with E-state index in [9.17, 15) is 18.0 Å². The third-order valence-corrected chi connectivity index (χ3v) is 11.0. The minimum atomic E-state index is -3.89. The van der Waals surface area contributed by atoms with Gasteiger partial charge >= 0.3 is 0 Å². The lowest BCUT2D eigenvalue weighted by Crippen LogP contribution is -2.55. The minimum Gasteiger partial charge on any atom is -0.337 e. The van der Waals surface area contributed by atoms with Gasteiger partial charge in [-0.05, 0) is 75.3 Å². The highest BCUT2D eigenvalue weighted by molar-refractivity contribution is 7.91. The summed E-state index contributed by atoms with van der Waals surface area (Å²) in [5.74, 6) is -0.385. The van der Waals surface area contributed by atoms with Gasteiger partial charge in [-0.25, -0.2) is 8.42 Å². The number of benzene rings is 1. The van der Waals surface area contributed by atoms with Crippen LogP contribution in [0.5, 0.6) is 0 Å². The SMILES string of the molecule is CNC1CCN(CC2CCCN2C(=O)CN2CCCC(NS(=O)(=O)c3cc4cc(Cl)ccc4s3)C2=O)C1. The molecule has 202 valence electrons. The summed E-state index contributed by atoms with van der Waals surface area (Å²) < 4.78 is 29.8. The van der Waals surface area contributed by atoms with Crippen molar-refractivity contribution in [3.8, 4) is 0 Å². The summed E-state index contributed by atoms with van der Waals surface area (Å²) in [6, 6.07) is 6.60. The van der Waals surface area contributed by atoms with Crippen LogP contribution < -0.4 is 10.0 Å². The summed E-state index contributed by atoms with van der Waals surface area (Å²) >= 11 is 7.18. The van der Waals surface area contributed by atoms with Crippen LogP contribution in [-0.4, -0.2) is 99.4 Å². The number of thiophene rings is 1. The van der Waals surface area contributed by atoms with Crippen LogP contribution in [0.25, 0.3) is 10.1 Å². The number of hydrogen-bond acceptors (Lipinski definition) is 7. The Balaban J connectivity index is 1.20. The number of likely N-dealkylation sites (tertiary alicyclic amines) is 3. The zero-order valence-corrected chi connectivity index (χ0v) is 23.4. The maximum Gasteiger partial charge on any atom is 0.250 e. The second-order valence-corrected chi connectivity index (χ2v) is 13.7. The van der Waals surface area contributed by atoms with Crippen molar-refractivity contribution in [3.63, 3.8) is 0 Å². The monoisotopic (exact) mass is 567 g/mol. The Kier molecular flexibility index (Phi) is 8.09. The highest BCUT2D eigenvalue weighted by atomic mass is 35.5. The molecule has 0 aliphatic carbocycles. The Morgan fingerprint density at radius 2 is 1.95 bits per heavy atom. The van der Waals surface area contributed by atoms with E-state index in [0.717, 1.165) is 60.3 Å². The van der Waals surface area contributed by atoms with Crippen molar-refractivity contribution >= 4 is 54.9 Å². The van der Waals surface area contributed by atoms with Crippen LogP contribution >= 0.6 is 22.9 Å². The molecular weight excluding hydrogens is 534 g/mol. The molecule has 3 saturated heterocycles. The number of sulfonamides is 1. The fourth-order valence-corrected chi connectivity index (χ4v) is 8.51. The lowest BCUT2D eigenvalue weighted by molar-refractivity contribution is -0.143. The second-order valence-electron chi connectivity index (χ2n) is 10.2. The van der Waals surface area contributed by atoms with Crippen molar-refractivity contribution in [1.82, 2.24) is 24.7 Å². The normalized spacial score (nSPS) is 25.5. The summed E-state index contributed by atoms with van der Waals surface area (Å²) in [4.78, 5) is 32.3. The second kappa shape index (κ2) is 11.2. The third-order valence-electron chi connectivity index (χ3n) is 7.72. The van der Waals surface area contributed by atoms with Gasteiger partial charge in [0.2, 0.25) is 11.8 Å². The summed E-state index contributed by atoms with van der Waals surface area (Å²) in [6.45, 7) is 4.05. The number of hydrogen-bond donors (Lipinski definition) is 2. The van der Waals surface area contributed by atoms with Crippen molar-refractivity contribution in [1.29, 1.82) is 0 Å². The number of carbonyl (C=O) groups is 2. The molecule has 3 atom stereocenters. The summed E-state index contributed by atoms with van der Waals surface area (Å²) in [7, 11) is -1.90. The Morgan fingerprint density at radius 1 is 1.14 bits per heavy atom. The van der Waals surface area contributed by atoms with E-state index in [0.29, 0.717) is 37.0 Å². The van der Waals surface area contributed by atoms with Gasteiger partial charge in [0.15, 0.2) is 0 Å². The molecule has 12 heteroatoms.